The Balaban J connectivity index is 1.82. The van der Waals surface area contributed by atoms with E-state index in [9.17, 15) is 14.4 Å². The van der Waals surface area contributed by atoms with Gasteiger partial charge in [0, 0.05) is 40.3 Å². The van der Waals surface area contributed by atoms with E-state index in [1.807, 2.05) is 0 Å². The zero-order chi connectivity index (χ0) is 15.6. The molecule has 2 rings (SSSR count). The summed E-state index contributed by atoms with van der Waals surface area (Å²) in [7, 11) is 3.46. The lowest BCUT2D eigenvalue weighted by Gasteiger charge is -2.22. The molecule has 0 aromatic rings. The van der Waals surface area contributed by atoms with E-state index in [2.05, 4.69) is 4.90 Å². The standard InChI is InChI=1S/C14H23N3O4/c1-15(2)12(18)9-16-4-3-5-17(7-6-16)13(19)10-8-11(10)14(20)21/h10-11H,3-9H2,1-2H3,(H,20,21). The van der Waals surface area contributed by atoms with Crippen molar-refractivity contribution in [3.8, 4) is 0 Å². The maximum Gasteiger partial charge on any atom is 0.307 e. The molecule has 2 amide bonds. The first kappa shape index (κ1) is 15.8. The fourth-order valence-electron chi connectivity index (χ4n) is 2.66. The molecule has 1 N–H and O–H groups in total. The van der Waals surface area contributed by atoms with Gasteiger partial charge in [0.2, 0.25) is 11.8 Å². The minimum Gasteiger partial charge on any atom is -0.481 e. The second-order valence-corrected chi connectivity index (χ2v) is 6.03. The van der Waals surface area contributed by atoms with Gasteiger partial charge in [-0.3, -0.25) is 19.3 Å². The van der Waals surface area contributed by atoms with Crippen molar-refractivity contribution in [2.24, 2.45) is 11.8 Å². The van der Waals surface area contributed by atoms with Crippen LogP contribution in [0.1, 0.15) is 12.8 Å². The lowest BCUT2D eigenvalue weighted by molar-refractivity contribution is -0.142. The summed E-state index contributed by atoms with van der Waals surface area (Å²) >= 11 is 0. The van der Waals surface area contributed by atoms with Crippen molar-refractivity contribution >= 4 is 17.8 Å². The van der Waals surface area contributed by atoms with Gasteiger partial charge in [-0.25, -0.2) is 0 Å². The number of carbonyl (C=O) groups is 3. The Morgan fingerprint density at radius 3 is 2.38 bits per heavy atom. The number of nitrogens with zero attached hydrogens (tertiary/aromatic N) is 3. The molecule has 7 nitrogen and oxygen atoms in total. The van der Waals surface area contributed by atoms with E-state index in [1.54, 1.807) is 23.9 Å². The lowest BCUT2D eigenvalue weighted by atomic mass is 10.2. The van der Waals surface area contributed by atoms with Gasteiger partial charge in [-0.2, -0.15) is 0 Å². The van der Waals surface area contributed by atoms with Gasteiger partial charge in [-0.1, -0.05) is 0 Å². The van der Waals surface area contributed by atoms with Crippen molar-refractivity contribution in [1.29, 1.82) is 0 Å². The van der Waals surface area contributed by atoms with Crippen LogP contribution in [0.25, 0.3) is 0 Å². The highest BCUT2D eigenvalue weighted by atomic mass is 16.4. The summed E-state index contributed by atoms with van der Waals surface area (Å²) < 4.78 is 0. The molecule has 0 aromatic heterocycles. The first-order valence-corrected chi connectivity index (χ1v) is 7.34. The van der Waals surface area contributed by atoms with E-state index in [1.165, 1.54) is 0 Å². The predicted molar refractivity (Wildman–Crippen MR) is 75.6 cm³/mol. The summed E-state index contributed by atoms with van der Waals surface area (Å²) in [6, 6.07) is 0. The van der Waals surface area contributed by atoms with Gasteiger partial charge in [-0.15, -0.1) is 0 Å². The van der Waals surface area contributed by atoms with Crippen LogP contribution in [0.15, 0.2) is 0 Å². The highest BCUT2D eigenvalue weighted by Gasteiger charge is 2.49. The van der Waals surface area contributed by atoms with Gasteiger partial charge in [0.1, 0.15) is 0 Å². The molecule has 7 heteroatoms. The van der Waals surface area contributed by atoms with Gasteiger partial charge in [-0.05, 0) is 12.8 Å². The second kappa shape index (κ2) is 6.43. The third-order valence-corrected chi connectivity index (χ3v) is 4.18. The predicted octanol–water partition coefficient (Wildman–Crippen LogP) is -0.670. The van der Waals surface area contributed by atoms with Crippen LogP contribution in [0, 0.1) is 11.8 Å². The number of likely N-dealkylation sites (N-methyl/N-ethyl adjacent to an activating group) is 1. The van der Waals surface area contributed by atoms with Crippen molar-refractivity contribution in [2.75, 3.05) is 46.8 Å². The van der Waals surface area contributed by atoms with Crippen molar-refractivity contribution in [2.45, 2.75) is 12.8 Å². The van der Waals surface area contributed by atoms with E-state index >= 15 is 0 Å². The van der Waals surface area contributed by atoms with Crippen LogP contribution < -0.4 is 0 Å². The zero-order valence-electron chi connectivity index (χ0n) is 12.6. The summed E-state index contributed by atoms with van der Waals surface area (Å²) in [5.74, 6) is -1.68. The number of hydrogen-bond donors (Lipinski definition) is 1. The van der Waals surface area contributed by atoms with E-state index < -0.39 is 11.9 Å². The Hall–Kier alpha value is -1.63. The van der Waals surface area contributed by atoms with Crippen LogP contribution in [-0.2, 0) is 14.4 Å². The Morgan fingerprint density at radius 1 is 1.10 bits per heavy atom. The first-order valence-electron chi connectivity index (χ1n) is 7.34. The van der Waals surface area contributed by atoms with E-state index in [0.717, 1.165) is 13.0 Å². The number of carboxylic acid groups (broad SMARTS) is 1. The van der Waals surface area contributed by atoms with Gasteiger partial charge in [0.05, 0.1) is 18.4 Å². The van der Waals surface area contributed by atoms with Crippen molar-refractivity contribution in [3.63, 3.8) is 0 Å². The van der Waals surface area contributed by atoms with E-state index in [-0.39, 0.29) is 17.7 Å². The average molecular weight is 297 g/mol. The fourth-order valence-corrected chi connectivity index (χ4v) is 2.66. The fraction of sp³-hybridized carbons (Fsp3) is 0.786. The summed E-state index contributed by atoms with van der Waals surface area (Å²) in [6.07, 6.45) is 1.28. The van der Waals surface area contributed by atoms with Crippen molar-refractivity contribution in [3.05, 3.63) is 0 Å². The average Bonchev–Trinajstić information content (AvgIpc) is 3.22. The molecule has 2 aliphatic rings. The molecule has 0 bridgehead atoms. The number of hydrogen-bond acceptors (Lipinski definition) is 4. The molecule has 2 atom stereocenters. The topological polar surface area (TPSA) is 81.2 Å². The number of aliphatic carboxylic acids is 1. The monoisotopic (exact) mass is 297 g/mol. The zero-order valence-corrected chi connectivity index (χ0v) is 12.6. The first-order chi connectivity index (χ1) is 9.90. The number of carboxylic acids is 1. The van der Waals surface area contributed by atoms with Crippen LogP contribution in [0.5, 0.6) is 0 Å². The van der Waals surface area contributed by atoms with Gasteiger partial charge < -0.3 is 14.9 Å². The molecule has 0 spiro atoms. The maximum atomic E-state index is 12.2. The smallest absolute Gasteiger partial charge is 0.307 e. The van der Waals surface area contributed by atoms with Crippen LogP contribution >= 0.6 is 0 Å². The maximum absolute atomic E-state index is 12.2. The van der Waals surface area contributed by atoms with Crippen LogP contribution in [0.2, 0.25) is 0 Å². The highest BCUT2D eigenvalue weighted by molar-refractivity contribution is 5.89. The van der Waals surface area contributed by atoms with Gasteiger partial charge in [0.25, 0.3) is 0 Å². The molecule has 0 radical (unpaired) electrons. The molecular weight excluding hydrogens is 274 g/mol. The number of rotatable bonds is 4. The third-order valence-electron chi connectivity index (χ3n) is 4.18. The number of carbonyl (C=O) groups excluding carboxylic acids is 2. The van der Waals surface area contributed by atoms with Gasteiger partial charge in [0.15, 0.2) is 0 Å². The quantitative estimate of drug-likeness (QED) is 0.744. The van der Waals surface area contributed by atoms with E-state index in [4.69, 9.17) is 5.11 Å². The third kappa shape index (κ3) is 3.93. The Labute approximate surface area is 124 Å². The molecule has 1 aliphatic heterocycles. The highest BCUT2D eigenvalue weighted by Crippen LogP contribution is 2.40. The SMILES string of the molecule is CN(C)C(=O)CN1CCCN(C(=O)C2CC2C(=O)O)CC1. The summed E-state index contributed by atoms with van der Waals surface area (Å²) in [5.41, 5.74) is 0. The lowest BCUT2D eigenvalue weighted by Crippen LogP contribution is -2.40. The van der Waals surface area contributed by atoms with Crippen molar-refractivity contribution in [1.82, 2.24) is 14.7 Å². The Bertz CT molecular complexity index is 438. The Kier molecular flexibility index (Phi) is 4.82. The molecule has 1 saturated heterocycles. The molecule has 2 unspecified atom stereocenters. The van der Waals surface area contributed by atoms with E-state index in [0.29, 0.717) is 32.6 Å². The molecule has 1 heterocycles. The minimum absolute atomic E-state index is 0.0387. The molecule has 1 aliphatic carbocycles. The molecule has 21 heavy (non-hydrogen) atoms. The van der Waals surface area contributed by atoms with Crippen molar-refractivity contribution < 1.29 is 19.5 Å². The molecule has 118 valence electrons. The summed E-state index contributed by atoms with van der Waals surface area (Å²) in [6.45, 7) is 3.04. The van der Waals surface area contributed by atoms with Crippen LogP contribution in [0.3, 0.4) is 0 Å². The molecule has 1 saturated carbocycles. The summed E-state index contributed by atoms with van der Waals surface area (Å²) in [5, 5.41) is 8.90. The second-order valence-electron chi connectivity index (χ2n) is 6.03. The van der Waals surface area contributed by atoms with Gasteiger partial charge >= 0.3 is 5.97 Å². The normalized spacial score (nSPS) is 26.1. The molecular formula is C14H23N3O4. The summed E-state index contributed by atoms with van der Waals surface area (Å²) in [4.78, 5) is 40.2. The minimum atomic E-state index is -0.874. The van der Waals surface area contributed by atoms with Crippen LogP contribution in [0.4, 0.5) is 0 Å². The molecule has 2 fully saturated rings. The number of amides is 2. The largest absolute Gasteiger partial charge is 0.481 e. The Morgan fingerprint density at radius 2 is 1.81 bits per heavy atom. The molecule has 0 aromatic carbocycles. The van der Waals surface area contributed by atoms with Crippen LogP contribution in [-0.4, -0.2) is 84.4 Å².